The zero-order valence-corrected chi connectivity index (χ0v) is 10.9. The van der Waals surface area contributed by atoms with Gasteiger partial charge in [-0.3, -0.25) is 4.79 Å². The lowest BCUT2D eigenvalue weighted by atomic mass is 9.50. The summed E-state index contributed by atoms with van der Waals surface area (Å²) < 4.78 is 0. The maximum Gasteiger partial charge on any atom is 0.136 e. The Labute approximate surface area is 99.0 Å². The van der Waals surface area contributed by atoms with Crippen molar-refractivity contribution in [3.8, 4) is 0 Å². The minimum absolute atomic E-state index is 0.430. The monoisotopic (exact) mass is 220 g/mol. The largest absolute Gasteiger partial charge is 0.299 e. The molecular formula is C15H24O. The molecule has 4 atom stereocenters. The summed E-state index contributed by atoms with van der Waals surface area (Å²) >= 11 is 0. The van der Waals surface area contributed by atoms with Crippen LogP contribution in [0.4, 0.5) is 0 Å². The summed E-state index contributed by atoms with van der Waals surface area (Å²) in [4.78, 5) is 12.1. The Morgan fingerprint density at radius 3 is 2.56 bits per heavy atom. The SMILES string of the molecule is CC1(C)C[C@@H]2[C@@H]3C[C@@](C)(CCC3=O)CC[C@H]21. The van der Waals surface area contributed by atoms with Crippen molar-refractivity contribution in [1.29, 1.82) is 0 Å². The van der Waals surface area contributed by atoms with E-state index in [4.69, 9.17) is 0 Å². The third-order valence-electron chi connectivity index (χ3n) is 5.96. The zero-order valence-electron chi connectivity index (χ0n) is 10.9. The number of rotatable bonds is 0. The summed E-state index contributed by atoms with van der Waals surface area (Å²) in [5, 5.41) is 0. The molecule has 0 unspecified atom stereocenters. The molecule has 3 saturated carbocycles. The smallest absolute Gasteiger partial charge is 0.136 e. The Hall–Kier alpha value is -0.330. The Kier molecular flexibility index (Phi) is 2.10. The molecule has 0 amide bonds. The average molecular weight is 220 g/mol. The summed E-state index contributed by atoms with van der Waals surface area (Å²) in [7, 11) is 0. The standard InChI is InChI=1S/C15H24O/c1-14(2)8-10-11-9-15(3,6-4-12(10)14)7-5-13(11)16/h10-12H,4-9H2,1-3H3/t10-,11+,12-,15-/m1/s1. The number of carbonyl (C=O) groups is 1. The second-order valence-electron chi connectivity index (χ2n) is 7.59. The molecule has 16 heavy (non-hydrogen) atoms. The van der Waals surface area contributed by atoms with Crippen molar-refractivity contribution >= 4 is 5.78 Å². The van der Waals surface area contributed by atoms with Crippen LogP contribution in [-0.2, 0) is 4.79 Å². The van der Waals surface area contributed by atoms with Gasteiger partial charge in [0.25, 0.3) is 0 Å². The molecule has 0 aliphatic heterocycles. The van der Waals surface area contributed by atoms with E-state index in [9.17, 15) is 4.79 Å². The molecule has 0 spiro atoms. The van der Waals surface area contributed by atoms with Crippen molar-refractivity contribution in [2.75, 3.05) is 0 Å². The fraction of sp³-hybridized carbons (Fsp3) is 0.933. The van der Waals surface area contributed by atoms with Gasteiger partial charge < -0.3 is 0 Å². The Morgan fingerprint density at radius 1 is 1.12 bits per heavy atom. The van der Waals surface area contributed by atoms with E-state index in [1.165, 1.54) is 25.7 Å². The van der Waals surface area contributed by atoms with Crippen LogP contribution in [0.15, 0.2) is 0 Å². The van der Waals surface area contributed by atoms with E-state index in [0.717, 1.165) is 24.7 Å². The second kappa shape index (κ2) is 3.11. The van der Waals surface area contributed by atoms with Gasteiger partial charge in [-0.15, -0.1) is 0 Å². The van der Waals surface area contributed by atoms with Crippen LogP contribution in [0.2, 0.25) is 0 Å². The van der Waals surface area contributed by atoms with E-state index in [2.05, 4.69) is 20.8 Å². The molecule has 0 radical (unpaired) electrons. The van der Waals surface area contributed by atoms with Gasteiger partial charge >= 0.3 is 0 Å². The van der Waals surface area contributed by atoms with Gasteiger partial charge in [0.2, 0.25) is 0 Å². The lowest BCUT2D eigenvalue weighted by Crippen LogP contribution is -2.48. The number of Topliss-reactive ketones (excluding diaryl/α,β-unsaturated/α-hetero) is 1. The van der Waals surface area contributed by atoms with Crippen molar-refractivity contribution in [2.45, 2.75) is 59.3 Å². The molecule has 0 N–H and O–H groups in total. The summed E-state index contributed by atoms with van der Waals surface area (Å²) in [6.07, 6.45) is 7.25. The molecular weight excluding hydrogens is 196 g/mol. The number of hydrogen-bond donors (Lipinski definition) is 0. The molecule has 1 nitrogen and oxygen atoms in total. The molecule has 3 aliphatic rings. The number of ketones is 1. The van der Waals surface area contributed by atoms with Gasteiger partial charge in [-0.05, 0) is 54.8 Å². The Balaban J connectivity index is 1.90. The highest BCUT2D eigenvalue weighted by molar-refractivity contribution is 5.82. The first-order valence-corrected chi connectivity index (χ1v) is 6.94. The molecule has 3 rings (SSSR count). The number of fused-ring (bicyclic) bond motifs is 4. The van der Waals surface area contributed by atoms with Crippen LogP contribution < -0.4 is 0 Å². The molecule has 3 fully saturated rings. The van der Waals surface area contributed by atoms with Crippen LogP contribution >= 0.6 is 0 Å². The highest BCUT2D eigenvalue weighted by atomic mass is 16.1. The van der Waals surface area contributed by atoms with Crippen LogP contribution in [-0.4, -0.2) is 5.78 Å². The fourth-order valence-electron chi connectivity index (χ4n) is 4.83. The minimum Gasteiger partial charge on any atom is -0.299 e. The highest BCUT2D eigenvalue weighted by Gasteiger charge is 2.56. The molecule has 0 aromatic rings. The van der Waals surface area contributed by atoms with E-state index in [0.29, 0.717) is 22.5 Å². The van der Waals surface area contributed by atoms with Crippen molar-refractivity contribution < 1.29 is 4.79 Å². The molecule has 90 valence electrons. The predicted molar refractivity (Wildman–Crippen MR) is 65.1 cm³/mol. The van der Waals surface area contributed by atoms with Crippen LogP contribution in [0.25, 0.3) is 0 Å². The maximum absolute atomic E-state index is 12.1. The first kappa shape index (κ1) is 10.8. The van der Waals surface area contributed by atoms with Crippen molar-refractivity contribution in [3.05, 3.63) is 0 Å². The lowest BCUT2D eigenvalue weighted by molar-refractivity contribution is -0.135. The average Bonchev–Trinajstić information content (AvgIpc) is 2.28. The predicted octanol–water partition coefficient (Wildman–Crippen LogP) is 3.82. The lowest BCUT2D eigenvalue weighted by Gasteiger charge is -2.54. The second-order valence-corrected chi connectivity index (χ2v) is 7.59. The fourth-order valence-corrected chi connectivity index (χ4v) is 4.83. The van der Waals surface area contributed by atoms with Crippen molar-refractivity contribution in [2.24, 2.45) is 28.6 Å². The van der Waals surface area contributed by atoms with E-state index < -0.39 is 0 Å². The van der Waals surface area contributed by atoms with E-state index in [-0.39, 0.29) is 0 Å². The van der Waals surface area contributed by atoms with Crippen LogP contribution in [0.5, 0.6) is 0 Å². The van der Waals surface area contributed by atoms with Gasteiger partial charge in [0.1, 0.15) is 5.78 Å². The van der Waals surface area contributed by atoms with Gasteiger partial charge in [-0.1, -0.05) is 20.8 Å². The van der Waals surface area contributed by atoms with Gasteiger partial charge in [0, 0.05) is 12.3 Å². The van der Waals surface area contributed by atoms with Crippen LogP contribution in [0.3, 0.4) is 0 Å². The molecule has 1 heteroatoms. The zero-order chi connectivity index (χ0) is 11.6. The van der Waals surface area contributed by atoms with E-state index in [1.807, 2.05) is 0 Å². The normalized spacial score (nSPS) is 50.2. The Morgan fingerprint density at radius 2 is 1.88 bits per heavy atom. The third-order valence-corrected chi connectivity index (χ3v) is 5.96. The van der Waals surface area contributed by atoms with E-state index >= 15 is 0 Å². The molecule has 3 aliphatic carbocycles. The number of hydrogen-bond acceptors (Lipinski definition) is 1. The van der Waals surface area contributed by atoms with Crippen LogP contribution in [0.1, 0.15) is 59.3 Å². The molecule has 0 saturated heterocycles. The Bertz CT molecular complexity index is 330. The molecule has 2 bridgehead atoms. The van der Waals surface area contributed by atoms with Gasteiger partial charge in [-0.25, -0.2) is 0 Å². The first-order valence-electron chi connectivity index (χ1n) is 6.94. The quantitative estimate of drug-likeness (QED) is 0.606. The van der Waals surface area contributed by atoms with Crippen LogP contribution in [0, 0.1) is 28.6 Å². The van der Waals surface area contributed by atoms with Gasteiger partial charge in [0.05, 0.1) is 0 Å². The topological polar surface area (TPSA) is 17.1 Å². The minimum atomic E-state index is 0.430. The van der Waals surface area contributed by atoms with E-state index in [1.54, 1.807) is 0 Å². The summed E-state index contributed by atoms with van der Waals surface area (Å²) in [5.41, 5.74) is 1.00. The highest BCUT2D eigenvalue weighted by Crippen LogP contribution is 2.62. The molecule has 0 heterocycles. The summed E-state index contributed by atoms with van der Waals surface area (Å²) in [6, 6.07) is 0. The van der Waals surface area contributed by atoms with Crippen molar-refractivity contribution in [3.63, 3.8) is 0 Å². The molecule has 0 aromatic heterocycles. The first-order chi connectivity index (χ1) is 7.41. The summed E-state index contributed by atoms with van der Waals surface area (Å²) in [5.74, 6) is 2.59. The van der Waals surface area contributed by atoms with Gasteiger partial charge in [-0.2, -0.15) is 0 Å². The summed E-state index contributed by atoms with van der Waals surface area (Å²) in [6.45, 7) is 7.22. The maximum atomic E-state index is 12.1. The van der Waals surface area contributed by atoms with Gasteiger partial charge in [0.15, 0.2) is 0 Å². The van der Waals surface area contributed by atoms with Crippen molar-refractivity contribution in [1.82, 2.24) is 0 Å². The third kappa shape index (κ3) is 1.39. The molecule has 0 aromatic carbocycles. The number of carbonyl (C=O) groups excluding carboxylic acids is 1.